The Labute approximate surface area is 193 Å². The number of nitrogens with zero attached hydrogens (tertiary/aromatic N) is 1. The van der Waals surface area contributed by atoms with Gasteiger partial charge in [0.05, 0.1) is 23.8 Å². The summed E-state index contributed by atoms with van der Waals surface area (Å²) in [7, 11) is 0. The normalized spacial score (nSPS) is 13.7. The van der Waals surface area contributed by atoms with E-state index in [4.69, 9.17) is 4.74 Å². The van der Waals surface area contributed by atoms with Crippen molar-refractivity contribution in [1.29, 1.82) is 0 Å². The second-order valence-corrected chi connectivity index (χ2v) is 7.97. The van der Waals surface area contributed by atoms with Gasteiger partial charge >= 0.3 is 0 Å². The highest BCUT2D eigenvalue weighted by atomic mass is 16.5. The van der Waals surface area contributed by atoms with E-state index in [0.29, 0.717) is 36.3 Å². The summed E-state index contributed by atoms with van der Waals surface area (Å²) in [5.74, 6) is -0.749. The van der Waals surface area contributed by atoms with E-state index in [1.165, 1.54) is 4.90 Å². The summed E-state index contributed by atoms with van der Waals surface area (Å²) in [6, 6.07) is 23.8. The first-order valence-corrected chi connectivity index (χ1v) is 11.0. The Morgan fingerprint density at radius 3 is 2.12 bits per heavy atom. The van der Waals surface area contributed by atoms with Crippen molar-refractivity contribution < 1.29 is 19.1 Å². The molecule has 6 nitrogen and oxygen atoms in total. The van der Waals surface area contributed by atoms with Crippen LogP contribution in [0.15, 0.2) is 78.9 Å². The van der Waals surface area contributed by atoms with Gasteiger partial charge < -0.3 is 10.1 Å². The van der Waals surface area contributed by atoms with E-state index in [2.05, 4.69) is 5.32 Å². The minimum absolute atomic E-state index is 0.0107. The lowest BCUT2D eigenvalue weighted by Gasteiger charge is -2.14. The minimum Gasteiger partial charge on any atom is -0.374 e. The number of carbonyl (C=O) groups excluding carboxylic acids is 3. The first-order valence-electron chi connectivity index (χ1n) is 11.0. The maximum atomic E-state index is 12.5. The van der Waals surface area contributed by atoms with Gasteiger partial charge in [0, 0.05) is 18.7 Å². The number of imide groups is 1. The Hall–Kier alpha value is -3.77. The Bertz CT molecular complexity index is 1110. The number of benzene rings is 3. The van der Waals surface area contributed by atoms with Crippen molar-refractivity contribution in [3.05, 3.63) is 107 Å². The molecule has 0 spiro atoms. The molecule has 0 aromatic heterocycles. The van der Waals surface area contributed by atoms with Crippen molar-refractivity contribution in [2.75, 3.05) is 13.2 Å². The van der Waals surface area contributed by atoms with Gasteiger partial charge in [-0.05, 0) is 48.7 Å². The first-order chi connectivity index (χ1) is 16.0. The molecular formula is C27H26N2O4. The number of hydrogen-bond acceptors (Lipinski definition) is 4. The topological polar surface area (TPSA) is 75.7 Å². The molecule has 3 aromatic carbocycles. The molecule has 168 valence electrons. The van der Waals surface area contributed by atoms with Gasteiger partial charge in [-0.3, -0.25) is 19.3 Å². The van der Waals surface area contributed by atoms with Crippen molar-refractivity contribution in [3.63, 3.8) is 0 Å². The summed E-state index contributed by atoms with van der Waals surface area (Å²) in [6.45, 7) is 3.25. The highest BCUT2D eigenvalue weighted by Crippen LogP contribution is 2.24. The highest BCUT2D eigenvalue weighted by molar-refractivity contribution is 6.21. The molecule has 0 saturated carbocycles. The van der Waals surface area contributed by atoms with Gasteiger partial charge in [-0.1, -0.05) is 54.6 Å². The molecule has 3 amide bonds. The first kappa shape index (κ1) is 22.4. The third kappa shape index (κ3) is 5.18. The van der Waals surface area contributed by atoms with Gasteiger partial charge in [-0.25, -0.2) is 0 Å². The van der Waals surface area contributed by atoms with E-state index in [9.17, 15) is 14.4 Å². The maximum Gasteiger partial charge on any atom is 0.261 e. The van der Waals surface area contributed by atoms with Gasteiger partial charge in [0.1, 0.15) is 0 Å². The molecular weight excluding hydrogens is 416 g/mol. The van der Waals surface area contributed by atoms with Crippen LogP contribution in [0.25, 0.3) is 0 Å². The summed E-state index contributed by atoms with van der Waals surface area (Å²) in [5.41, 5.74) is 3.30. The zero-order valence-corrected chi connectivity index (χ0v) is 18.5. The monoisotopic (exact) mass is 442 g/mol. The van der Waals surface area contributed by atoms with Crippen molar-refractivity contribution >= 4 is 17.7 Å². The molecule has 1 atom stereocenters. The van der Waals surface area contributed by atoms with E-state index in [1.807, 2.05) is 37.3 Å². The van der Waals surface area contributed by atoms with Gasteiger partial charge in [0.15, 0.2) is 0 Å². The molecule has 1 N–H and O–H groups in total. The maximum absolute atomic E-state index is 12.5. The molecule has 1 aliphatic rings. The number of hydrogen-bond donors (Lipinski definition) is 1. The lowest BCUT2D eigenvalue weighted by Crippen LogP contribution is -2.29. The van der Waals surface area contributed by atoms with Gasteiger partial charge in [0.2, 0.25) is 0 Å². The predicted molar refractivity (Wildman–Crippen MR) is 125 cm³/mol. The molecule has 0 saturated heterocycles. The van der Waals surface area contributed by atoms with E-state index in [1.54, 1.807) is 48.5 Å². The molecule has 1 unspecified atom stereocenters. The number of carbonyl (C=O) groups is 3. The third-order valence-corrected chi connectivity index (χ3v) is 5.68. The molecule has 3 aromatic rings. The molecule has 0 aliphatic carbocycles. The number of fused-ring (bicyclic) bond motifs is 1. The number of nitrogens with one attached hydrogen (secondary N) is 1. The lowest BCUT2D eigenvalue weighted by molar-refractivity contribution is 0.0630. The summed E-state index contributed by atoms with van der Waals surface area (Å²) >= 11 is 0. The van der Waals surface area contributed by atoms with Crippen molar-refractivity contribution in [3.8, 4) is 0 Å². The molecule has 0 bridgehead atoms. The molecule has 1 aliphatic heterocycles. The summed E-state index contributed by atoms with van der Waals surface area (Å²) in [6.07, 6.45) is 0.720. The van der Waals surface area contributed by atoms with E-state index in [-0.39, 0.29) is 30.4 Å². The van der Waals surface area contributed by atoms with Crippen molar-refractivity contribution in [2.24, 2.45) is 0 Å². The van der Waals surface area contributed by atoms with Crippen LogP contribution in [-0.2, 0) is 11.3 Å². The van der Waals surface area contributed by atoms with Crippen molar-refractivity contribution in [2.45, 2.75) is 26.0 Å². The average Bonchev–Trinajstić information content (AvgIpc) is 3.09. The zero-order valence-electron chi connectivity index (χ0n) is 18.5. The van der Waals surface area contributed by atoms with Crippen molar-refractivity contribution in [1.82, 2.24) is 10.2 Å². The fraction of sp³-hybridized carbons (Fsp3) is 0.222. The van der Waals surface area contributed by atoms with Crippen LogP contribution in [0.5, 0.6) is 0 Å². The Morgan fingerprint density at radius 1 is 0.879 bits per heavy atom. The highest BCUT2D eigenvalue weighted by Gasteiger charge is 2.34. The summed E-state index contributed by atoms with van der Waals surface area (Å²) in [5, 5.41) is 2.89. The van der Waals surface area contributed by atoms with Crippen LogP contribution in [0.3, 0.4) is 0 Å². The second-order valence-electron chi connectivity index (χ2n) is 7.97. The van der Waals surface area contributed by atoms with Crippen LogP contribution < -0.4 is 5.32 Å². The second kappa shape index (κ2) is 10.2. The summed E-state index contributed by atoms with van der Waals surface area (Å²) in [4.78, 5) is 38.7. The Kier molecular flexibility index (Phi) is 6.95. The molecule has 33 heavy (non-hydrogen) atoms. The standard InChI is InChI=1S/C27H26N2O4/c1-19(21-8-3-2-4-9-21)33-17-7-16-28-25(30)22-14-12-20(13-15-22)18-29-26(31)23-10-5-6-11-24(23)27(29)32/h2-6,8-15,19H,7,16-18H2,1H3,(H,28,30). The SMILES string of the molecule is CC(OCCCNC(=O)c1ccc(CN2C(=O)c3ccccc3C2=O)cc1)c1ccccc1. The van der Waals surface area contributed by atoms with Crippen LogP contribution in [0.4, 0.5) is 0 Å². The Balaban J connectivity index is 1.23. The summed E-state index contributed by atoms with van der Waals surface area (Å²) < 4.78 is 5.82. The van der Waals surface area contributed by atoms with Gasteiger partial charge in [-0.2, -0.15) is 0 Å². The largest absolute Gasteiger partial charge is 0.374 e. The quantitative estimate of drug-likeness (QED) is 0.394. The molecule has 0 fully saturated rings. The number of rotatable bonds is 9. The van der Waals surface area contributed by atoms with E-state index >= 15 is 0 Å². The fourth-order valence-electron chi connectivity index (χ4n) is 3.78. The van der Waals surface area contributed by atoms with E-state index in [0.717, 1.165) is 11.1 Å². The lowest BCUT2D eigenvalue weighted by atomic mass is 10.1. The predicted octanol–water partition coefficient (Wildman–Crippen LogP) is 4.38. The molecule has 1 heterocycles. The van der Waals surface area contributed by atoms with Crippen LogP contribution in [-0.4, -0.2) is 35.8 Å². The number of amides is 3. The van der Waals surface area contributed by atoms with Gasteiger partial charge in [-0.15, -0.1) is 0 Å². The minimum atomic E-state index is -0.291. The average molecular weight is 443 g/mol. The molecule has 4 rings (SSSR count). The van der Waals surface area contributed by atoms with Crippen LogP contribution in [0, 0.1) is 0 Å². The molecule has 0 radical (unpaired) electrons. The van der Waals surface area contributed by atoms with Crippen LogP contribution in [0.1, 0.15) is 61.6 Å². The Morgan fingerprint density at radius 2 is 1.48 bits per heavy atom. The van der Waals surface area contributed by atoms with Crippen LogP contribution >= 0.6 is 0 Å². The fourth-order valence-corrected chi connectivity index (χ4v) is 3.78. The number of ether oxygens (including phenoxy) is 1. The zero-order chi connectivity index (χ0) is 23.2. The van der Waals surface area contributed by atoms with Gasteiger partial charge in [0.25, 0.3) is 17.7 Å². The third-order valence-electron chi connectivity index (χ3n) is 5.68. The van der Waals surface area contributed by atoms with E-state index < -0.39 is 0 Å². The smallest absolute Gasteiger partial charge is 0.261 e. The van der Waals surface area contributed by atoms with Crippen LogP contribution in [0.2, 0.25) is 0 Å². The molecule has 6 heteroatoms.